The number of anilines is 1. The molecule has 1 aliphatic carbocycles. The Morgan fingerprint density at radius 1 is 1.56 bits per heavy atom. The van der Waals surface area contributed by atoms with Crippen molar-refractivity contribution in [3.8, 4) is 0 Å². The number of hydrogen-bond acceptors (Lipinski definition) is 6. The van der Waals surface area contributed by atoms with E-state index in [0.717, 1.165) is 11.4 Å². The molecule has 2 unspecified atom stereocenters. The Labute approximate surface area is 112 Å². The summed E-state index contributed by atoms with van der Waals surface area (Å²) in [5, 5.41) is 13.7. The Hall–Kier alpha value is -1.31. The number of nitrogens with two attached hydrogens (primary N) is 1. The minimum Gasteiger partial charge on any atom is -0.327 e. The van der Waals surface area contributed by atoms with Crippen LogP contribution in [0.1, 0.15) is 32.6 Å². The smallest absolute Gasteiger partial charge is 0.258 e. The van der Waals surface area contributed by atoms with Gasteiger partial charge < -0.3 is 5.73 Å². The summed E-state index contributed by atoms with van der Waals surface area (Å²) in [5.41, 5.74) is 6.47. The zero-order valence-corrected chi connectivity index (χ0v) is 11.3. The zero-order chi connectivity index (χ0) is 12.7. The van der Waals surface area contributed by atoms with Crippen LogP contribution < -0.4 is 11.1 Å². The van der Waals surface area contributed by atoms with Crippen molar-refractivity contribution in [2.75, 3.05) is 5.32 Å². The maximum atomic E-state index is 12.0. The lowest BCUT2D eigenvalue weighted by Gasteiger charge is -1.96. The lowest BCUT2D eigenvalue weighted by Crippen LogP contribution is -2.10. The number of nitrogens with one attached hydrogen (secondary N) is 1. The first-order chi connectivity index (χ1) is 8.63. The lowest BCUT2D eigenvalue weighted by atomic mass is 10.2. The summed E-state index contributed by atoms with van der Waals surface area (Å²) in [7, 11) is 0. The van der Waals surface area contributed by atoms with Gasteiger partial charge in [-0.05, 0) is 19.4 Å². The molecule has 94 valence electrons. The van der Waals surface area contributed by atoms with Gasteiger partial charge in [-0.1, -0.05) is 11.3 Å². The molecular formula is C11H12N4OS2. The molecule has 1 amide bonds. The Morgan fingerprint density at radius 3 is 2.94 bits per heavy atom. The van der Waals surface area contributed by atoms with Crippen molar-refractivity contribution >= 4 is 33.7 Å². The van der Waals surface area contributed by atoms with Gasteiger partial charge in [-0.15, -0.1) is 21.5 Å². The highest BCUT2D eigenvalue weighted by Gasteiger charge is 2.36. The molecule has 0 radical (unpaired) electrons. The van der Waals surface area contributed by atoms with Crippen molar-refractivity contribution in [2.24, 2.45) is 5.73 Å². The Kier molecular flexibility index (Phi) is 2.89. The summed E-state index contributed by atoms with van der Waals surface area (Å²) in [4.78, 5) is 13.2. The van der Waals surface area contributed by atoms with Gasteiger partial charge in [0, 0.05) is 22.2 Å². The van der Waals surface area contributed by atoms with Crippen LogP contribution in [-0.2, 0) is 0 Å². The Balaban J connectivity index is 1.70. The molecule has 0 aromatic carbocycles. The molecule has 7 heteroatoms. The third-order valence-electron chi connectivity index (χ3n) is 2.83. The number of carbonyl (C=O) groups excluding carboxylic acids is 1. The molecule has 2 heterocycles. The van der Waals surface area contributed by atoms with E-state index in [-0.39, 0.29) is 11.9 Å². The predicted molar refractivity (Wildman–Crippen MR) is 72.3 cm³/mol. The van der Waals surface area contributed by atoms with Gasteiger partial charge >= 0.3 is 0 Å². The molecule has 1 fully saturated rings. The molecule has 0 bridgehead atoms. The number of rotatable bonds is 3. The van der Waals surface area contributed by atoms with Gasteiger partial charge in [0.05, 0.1) is 5.56 Å². The second kappa shape index (κ2) is 4.42. The van der Waals surface area contributed by atoms with Gasteiger partial charge in [-0.3, -0.25) is 10.1 Å². The van der Waals surface area contributed by atoms with Crippen LogP contribution in [0.25, 0.3) is 0 Å². The van der Waals surface area contributed by atoms with E-state index in [1.54, 1.807) is 11.3 Å². The predicted octanol–water partition coefficient (Wildman–Crippen LogP) is 1.97. The maximum absolute atomic E-state index is 12.0. The summed E-state index contributed by atoms with van der Waals surface area (Å²) < 4.78 is 0. The fourth-order valence-electron chi connectivity index (χ4n) is 1.72. The van der Waals surface area contributed by atoms with Crippen LogP contribution in [0.5, 0.6) is 0 Å². The minimum atomic E-state index is -0.136. The number of aryl methyl sites for hydroxylation is 1. The molecular weight excluding hydrogens is 268 g/mol. The molecule has 1 aliphatic rings. The highest BCUT2D eigenvalue weighted by Crippen LogP contribution is 2.42. The summed E-state index contributed by atoms with van der Waals surface area (Å²) in [6, 6.07) is 2.19. The first-order valence-electron chi connectivity index (χ1n) is 5.59. The van der Waals surface area contributed by atoms with Crippen molar-refractivity contribution < 1.29 is 4.79 Å². The van der Waals surface area contributed by atoms with Gasteiger partial charge in [-0.25, -0.2) is 0 Å². The molecule has 2 aromatic heterocycles. The van der Waals surface area contributed by atoms with Crippen molar-refractivity contribution in [3.63, 3.8) is 0 Å². The summed E-state index contributed by atoms with van der Waals surface area (Å²) in [5.74, 6) is 0.309. The van der Waals surface area contributed by atoms with Crippen molar-refractivity contribution in [1.82, 2.24) is 10.2 Å². The number of carbonyl (C=O) groups is 1. The molecule has 18 heavy (non-hydrogen) atoms. The second-order valence-corrected chi connectivity index (χ2v) is 6.45. The van der Waals surface area contributed by atoms with Crippen LogP contribution in [0.15, 0.2) is 11.4 Å². The van der Waals surface area contributed by atoms with Crippen LogP contribution in [0, 0.1) is 6.92 Å². The molecule has 2 atom stereocenters. The molecule has 0 saturated heterocycles. The number of thiophene rings is 1. The average Bonchev–Trinajstić information content (AvgIpc) is 2.79. The van der Waals surface area contributed by atoms with E-state index in [4.69, 9.17) is 5.73 Å². The summed E-state index contributed by atoms with van der Waals surface area (Å²) >= 11 is 2.96. The van der Waals surface area contributed by atoms with Crippen molar-refractivity contribution in [2.45, 2.75) is 25.3 Å². The fraction of sp³-hybridized carbons (Fsp3) is 0.364. The topological polar surface area (TPSA) is 80.9 Å². The molecule has 2 aromatic rings. The summed E-state index contributed by atoms with van der Waals surface area (Å²) in [6.45, 7) is 1.85. The lowest BCUT2D eigenvalue weighted by molar-refractivity contribution is 0.102. The highest BCUT2D eigenvalue weighted by atomic mass is 32.1. The zero-order valence-electron chi connectivity index (χ0n) is 9.71. The Morgan fingerprint density at radius 2 is 2.33 bits per heavy atom. The number of amides is 1. The molecule has 1 saturated carbocycles. The molecule has 5 nitrogen and oxygen atoms in total. The molecule has 3 N–H and O–H groups in total. The third kappa shape index (κ3) is 2.29. The van der Waals surface area contributed by atoms with Gasteiger partial charge in [-0.2, -0.15) is 0 Å². The quantitative estimate of drug-likeness (QED) is 0.900. The van der Waals surface area contributed by atoms with Crippen LogP contribution >= 0.6 is 22.7 Å². The average molecular weight is 280 g/mol. The van der Waals surface area contributed by atoms with E-state index in [2.05, 4.69) is 15.5 Å². The number of aromatic nitrogens is 2. The largest absolute Gasteiger partial charge is 0.327 e. The van der Waals surface area contributed by atoms with Gasteiger partial charge in [0.1, 0.15) is 5.01 Å². The van der Waals surface area contributed by atoms with Crippen LogP contribution in [0.3, 0.4) is 0 Å². The van der Waals surface area contributed by atoms with Gasteiger partial charge in [0.15, 0.2) is 0 Å². The molecule has 0 aliphatic heterocycles. The van der Waals surface area contributed by atoms with E-state index < -0.39 is 0 Å². The SMILES string of the molecule is Cc1nnc(NC(=O)c2csc(C3CC3N)c2)s1. The second-order valence-electron chi connectivity index (χ2n) is 4.32. The van der Waals surface area contributed by atoms with Crippen molar-refractivity contribution in [3.05, 3.63) is 26.9 Å². The van der Waals surface area contributed by atoms with Crippen molar-refractivity contribution in [1.29, 1.82) is 0 Å². The van der Waals surface area contributed by atoms with E-state index in [0.29, 0.717) is 16.6 Å². The first kappa shape index (κ1) is 11.8. The minimum absolute atomic E-state index is 0.136. The number of hydrogen-bond donors (Lipinski definition) is 2. The molecule has 3 rings (SSSR count). The van der Waals surface area contributed by atoms with Crippen LogP contribution in [-0.4, -0.2) is 22.1 Å². The standard InChI is InChI=1S/C11H12N4OS2/c1-5-14-15-11(18-5)13-10(16)6-2-9(17-4-6)7-3-8(7)12/h2,4,7-8H,3,12H2,1H3,(H,13,15,16). The fourth-order valence-corrected chi connectivity index (χ4v) is 3.39. The normalized spacial score (nSPS) is 21.9. The highest BCUT2D eigenvalue weighted by molar-refractivity contribution is 7.15. The van der Waals surface area contributed by atoms with E-state index in [1.165, 1.54) is 16.2 Å². The number of nitrogens with zero attached hydrogens (tertiary/aromatic N) is 2. The third-order valence-corrected chi connectivity index (χ3v) is 4.65. The maximum Gasteiger partial charge on any atom is 0.258 e. The van der Waals surface area contributed by atoms with Crippen LogP contribution in [0.2, 0.25) is 0 Å². The van der Waals surface area contributed by atoms with Gasteiger partial charge in [0.2, 0.25) is 5.13 Å². The molecule has 0 spiro atoms. The van der Waals surface area contributed by atoms with Gasteiger partial charge in [0.25, 0.3) is 5.91 Å². The monoisotopic (exact) mass is 280 g/mol. The summed E-state index contributed by atoms with van der Waals surface area (Å²) in [6.07, 6.45) is 1.02. The first-order valence-corrected chi connectivity index (χ1v) is 7.28. The van der Waals surface area contributed by atoms with E-state index in [1.807, 2.05) is 18.4 Å². The van der Waals surface area contributed by atoms with E-state index >= 15 is 0 Å². The van der Waals surface area contributed by atoms with Crippen LogP contribution in [0.4, 0.5) is 5.13 Å². The Bertz CT molecular complexity index is 591. The van der Waals surface area contributed by atoms with E-state index in [9.17, 15) is 4.79 Å².